The largest absolute Gasteiger partial charge is 0.508 e. The van der Waals surface area contributed by atoms with Crippen LogP contribution in [0.4, 0.5) is 0 Å². The van der Waals surface area contributed by atoms with Crippen LogP contribution in [-0.4, -0.2) is 79.4 Å². The Balaban J connectivity index is 1.59. The van der Waals surface area contributed by atoms with E-state index in [2.05, 4.69) is 10.3 Å². The molecule has 0 spiro atoms. The average Bonchev–Trinajstić information content (AvgIpc) is 2.90. The van der Waals surface area contributed by atoms with Crippen LogP contribution in [0, 0.1) is 11.8 Å². The second-order valence-electron chi connectivity index (χ2n) is 10.5. The number of carbonyl (C=O) groups excluding carboxylic acids is 4. The number of aromatic hydroxyl groups is 1. The van der Waals surface area contributed by atoms with E-state index in [9.17, 15) is 39.6 Å². The monoisotopic (exact) mass is 548 g/mol. The molecule has 1 heterocycles. The lowest BCUT2D eigenvalue weighted by molar-refractivity contribution is -0.153. The smallest absolute Gasteiger partial charge is 0.255 e. The molecule has 3 aliphatic rings. The van der Waals surface area contributed by atoms with E-state index in [-0.39, 0.29) is 42.2 Å². The summed E-state index contributed by atoms with van der Waals surface area (Å²) in [6.45, 7) is 0.0390. The van der Waals surface area contributed by atoms with Crippen LogP contribution < -0.4 is 11.1 Å². The molecule has 1 aromatic carbocycles. The summed E-state index contributed by atoms with van der Waals surface area (Å²) in [5.74, 6) is -7.51. The van der Waals surface area contributed by atoms with Gasteiger partial charge in [0.05, 0.1) is 17.2 Å². The molecule has 1 aromatic heterocycles. The van der Waals surface area contributed by atoms with Crippen molar-refractivity contribution in [2.45, 2.75) is 31.0 Å². The zero-order valence-electron chi connectivity index (χ0n) is 21.7. The number of benzene rings is 1. The number of ketones is 2. The number of hydrogen-bond acceptors (Lipinski definition) is 10. The number of carbonyl (C=O) groups is 4. The Morgan fingerprint density at radius 2 is 1.90 bits per heavy atom. The minimum atomic E-state index is -2.70. The molecule has 5 rings (SSSR count). The van der Waals surface area contributed by atoms with E-state index < -0.39 is 58.0 Å². The third kappa shape index (κ3) is 3.87. The maximum atomic E-state index is 13.9. The first-order valence-corrected chi connectivity index (χ1v) is 12.6. The SMILES string of the molecule is CN(C)C1C(=O)C(C(N)=O)=C(O)C2(O)C(=O)C3=C(O)c4c(O)ccc(CNC(=O)c5cccnc5)c4CC3CC12. The maximum absolute atomic E-state index is 13.9. The lowest BCUT2D eigenvalue weighted by atomic mass is 9.57. The first-order valence-electron chi connectivity index (χ1n) is 12.6. The van der Waals surface area contributed by atoms with Crippen LogP contribution in [-0.2, 0) is 27.3 Å². The number of pyridine rings is 1. The van der Waals surface area contributed by atoms with E-state index in [0.29, 0.717) is 16.7 Å². The van der Waals surface area contributed by atoms with Crippen molar-refractivity contribution in [2.24, 2.45) is 17.6 Å². The molecular weight excluding hydrogens is 520 g/mol. The van der Waals surface area contributed by atoms with Crippen LogP contribution in [0.5, 0.6) is 5.75 Å². The topological polar surface area (TPSA) is 203 Å². The summed E-state index contributed by atoms with van der Waals surface area (Å²) in [4.78, 5) is 57.1. The van der Waals surface area contributed by atoms with Crippen molar-refractivity contribution in [3.8, 4) is 5.75 Å². The molecule has 2 aromatic rings. The molecule has 208 valence electrons. The fraction of sp³-hybridized carbons (Fsp3) is 0.321. The number of aromatic nitrogens is 1. The van der Waals surface area contributed by atoms with Crippen LogP contribution in [0.3, 0.4) is 0 Å². The van der Waals surface area contributed by atoms with E-state index in [4.69, 9.17) is 5.73 Å². The van der Waals surface area contributed by atoms with Crippen molar-refractivity contribution in [1.29, 1.82) is 0 Å². The summed E-state index contributed by atoms with van der Waals surface area (Å²) in [5, 5.41) is 47.3. The Morgan fingerprint density at radius 1 is 1.18 bits per heavy atom. The van der Waals surface area contributed by atoms with Crippen LogP contribution in [0.15, 0.2) is 53.6 Å². The second-order valence-corrected chi connectivity index (χ2v) is 10.5. The number of likely N-dealkylation sites (N-methyl/N-ethyl adjacent to an activating group) is 1. The average molecular weight is 549 g/mol. The molecule has 0 radical (unpaired) electrons. The van der Waals surface area contributed by atoms with Gasteiger partial charge in [0.2, 0.25) is 5.78 Å². The van der Waals surface area contributed by atoms with Crippen molar-refractivity contribution in [1.82, 2.24) is 15.2 Å². The quantitative estimate of drug-likeness (QED) is 0.282. The molecule has 2 amide bonds. The highest BCUT2D eigenvalue weighted by Crippen LogP contribution is 2.52. The van der Waals surface area contributed by atoms with Gasteiger partial charge >= 0.3 is 0 Å². The summed E-state index contributed by atoms with van der Waals surface area (Å²) >= 11 is 0. The molecule has 12 heteroatoms. The van der Waals surface area contributed by atoms with Gasteiger partial charge in [-0.2, -0.15) is 0 Å². The highest BCUT2D eigenvalue weighted by atomic mass is 16.3. The molecule has 3 aliphatic carbocycles. The number of aliphatic hydroxyl groups is 3. The van der Waals surface area contributed by atoms with E-state index in [0.717, 1.165) is 0 Å². The van der Waals surface area contributed by atoms with Gasteiger partial charge in [-0.05, 0) is 62.2 Å². The Labute approximate surface area is 228 Å². The molecule has 0 saturated heterocycles. The van der Waals surface area contributed by atoms with Gasteiger partial charge in [0, 0.05) is 30.4 Å². The van der Waals surface area contributed by atoms with Gasteiger partial charge in [-0.1, -0.05) is 6.07 Å². The number of amides is 2. The summed E-state index contributed by atoms with van der Waals surface area (Å²) in [6.07, 6.45) is 3.05. The number of nitrogens with two attached hydrogens (primary N) is 1. The van der Waals surface area contributed by atoms with Gasteiger partial charge < -0.3 is 31.5 Å². The van der Waals surface area contributed by atoms with E-state index in [1.54, 1.807) is 18.2 Å². The molecule has 0 bridgehead atoms. The molecule has 4 atom stereocenters. The number of fused-ring (bicyclic) bond motifs is 3. The van der Waals surface area contributed by atoms with Crippen LogP contribution in [0.1, 0.15) is 33.5 Å². The minimum absolute atomic E-state index is 0.0249. The van der Waals surface area contributed by atoms with Crippen LogP contribution in [0.25, 0.3) is 5.76 Å². The van der Waals surface area contributed by atoms with Gasteiger partial charge in [0.15, 0.2) is 11.4 Å². The molecule has 0 aliphatic heterocycles. The first kappa shape index (κ1) is 27.0. The lowest BCUT2D eigenvalue weighted by Crippen LogP contribution is -2.65. The number of aliphatic hydroxyl groups excluding tert-OH is 2. The van der Waals surface area contributed by atoms with Gasteiger partial charge in [0.25, 0.3) is 11.8 Å². The summed E-state index contributed by atoms with van der Waals surface area (Å²) in [7, 11) is 3.07. The molecular formula is C28H28N4O8. The normalized spacial score (nSPS) is 25.9. The number of phenols is 1. The van der Waals surface area contributed by atoms with E-state index in [1.165, 1.54) is 37.5 Å². The Hall–Kier alpha value is -4.55. The fourth-order valence-corrected chi connectivity index (χ4v) is 6.25. The lowest BCUT2D eigenvalue weighted by Gasteiger charge is -2.50. The zero-order valence-corrected chi connectivity index (χ0v) is 21.7. The van der Waals surface area contributed by atoms with E-state index in [1.807, 2.05) is 0 Å². The highest BCUT2D eigenvalue weighted by molar-refractivity contribution is 6.24. The number of Topliss-reactive ketones (excluding diaryl/α,β-unsaturated/α-hetero) is 2. The molecule has 7 N–H and O–H groups in total. The van der Waals surface area contributed by atoms with Gasteiger partial charge in [-0.3, -0.25) is 29.1 Å². The van der Waals surface area contributed by atoms with E-state index >= 15 is 0 Å². The van der Waals surface area contributed by atoms with Crippen molar-refractivity contribution in [2.75, 3.05) is 14.1 Å². The minimum Gasteiger partial charge on any atom is -0.508 e. The molecule has 1 fully saturated rings. The van der Waals surface area contributed by atoms with Crippen molar-refractivity contribution in [3.63, 3.8) is 0 Å². The van der Waals surface area contributed by atoms with Crippen molar-refractivity contribution in [3.05, 3.63) is 75.8 Å². The number of hydrogen-bond donors (Lipinski definition) is 6. The fourth-order valence-electron chi connectivity index (χ4n) is 6.25. The van der Waals surface area contributed by atoms with Gasteiger partial charge in [-0.15, -0.1) is 0 Å². The third-order valence-electron chi connectivity index (χ3n) is 8.06. The number of phenolic OH excluding ortho intramolecular Hbond substituents is 1. The highest BCUT2D eigenvalue weighted by Gasteiger charge is 2.64. The second kappa shape index (κ2) is 9.57. The first-order chi connectivity index (χ1) is 18.9. The molecule has 1 saturated carbocycles. The van der Waals surface area contributed by atoms with Crippen LogP contribution >= 0.6 is 0 Å². The number of nitrogens with zero attached hydrogens (tertiary/aromatic N) is 2. The molecule has 4 unspecified atom stereocenters. The predicted octanol–water partition coefficient (Wildman–Crippen LogP) is 0.289. The predicted molar refractivity (Wildman–Crippen MR) is 140 cm³/mol. The van der Waals surface area contributed by atoms with Gasteiger partial charge in [-0.25, -0.2) is 0 Å². The third-order valence-corrected chi connectivity index (χ3v) is 8.06. The van der Waals surface area contributed by atoms with Crippen molar-refractivity contribution >= 4 is 29.1 Å². The number of nitrogens with one attached hydrogen (secondary N) is 1. The molecule has 12 nitrogen and oxygen atoms in total. The van der Waals surface area contributed by atoms with Gasteiger partial charge in [0.1, 0.15) is 22.8 Å². The number of primary amides is 1. The van der Waals surface area contributed by atoms with Crippen molar-refractivity contribution < 1.29 is 39.6 Å². The Kier molecular flexibility index (Phi) is 6.47. The summed E-state index contributed by atoms with van der Waals surface area (Å²) in [5.41, 5.74) is 2.90. The Morgan fingerprint density at radius 3 is 2.52 bits per heavy atom. The summed E-state index contributed by atoms with van der Waals surface area (Å²) < 4.78 is 0. The standard InChI is InChI=1S/C28H28N4O8/c1-32(2)21-16-9-14-8-15-12(11-31-27(39)13-4-3-7-30-10-13)5-6-17(33)19(15)22(34)18(14)24(36)28(16,40)25(37)20(23(21)35)26(29)38/h3-7,10,14,16,21,33-34,37,40H,8-9,11H2,1-2H3,(H2,29,38)(H,31,39). The Bertz CT molecular complexity index is 1530. The molecule has 40 heavy (non-hydrogen) atoms. The maximum Gasteiger partial charge on any atom is 0.255 e. The number of rotatable bonds is 5. The summed E-state index contributed by atoms with van der Waals surface area (Å²) in [6, 6.07) is 4.97. The van der Waals surface area contributed by atoms with Crippen LogP contribution in [0.2, 0.25) is 0 Å². The zero-order chi connectivity index (χ0) is 29.1.